The van der Waals surface area contributed by atoms with Crippen molar-refractivity contribution in [1.82, 2.24) is 0 Å². The largest absolute Gasteiger partial charge is 0.433 e. The van der Waals surface area contributed by atoms with E-state index in [0.717, 1.165) is 12.0 Å². The Bertz CT molecular complexity index is 445. The molecule has 0 aromatic carbocycles. The average molecular weight is 266 g/mol. The van der Waals surface area contributed by atoms with Crippen LogP contribution < -0.4 is 0 Å². The smallest absolute Gasteiger partial charge is 0.311 e. The van der Waals surface area contributed by atoms with Gasteiger partial charge in [0.05, 0.1) is 12.0 Å². The second-order valence-electron chi connectivity index (χ2n) is 6.80. The van der Waals surface area contributed by atoms with Gasteiger partial charge in [-0.2, -0.15) is 0 Å². The second kappa shape index (κ2) is 3.83. The Morgan fingerprint density at radius 1 is 1.37 bits per heavy atom. The van der Waals surface area contributed by atoms with Crippen molar-refractivity contribution in [3.05, 3.63) is 12.2 Å². The summed E-state index contributed by atoms with van der Waals surface area (Å²) in [4.78, 5) is 11.8. The number of allylic oxidation sites excluding steroid dienone is 1. The summed E-state index contributed by atoms with van der Waals surface area (Å²) >= 11 is 0. The highest BCUT2D eigenvalue weighted by Crippen LogP contribution is 2.60. The highest BCUT2D eigenvalue weighted by molar-refractivity contribution is 5.75. The fourth-order valence-electron chi connectivity index (χ4n) is 4.35. The maximum atomic E-state index is 11.8. The van der Waals surface area contributed by atoms with Crippen LogP contribution in [0.25, 0.3) is 0 Å². The predicted octanol–water partition coefficient (Wildman–Crippen LogP) is 1.61. The van der Waals surface area contributed by atoms with E-state index in [0.29, 0.717) is 19.3 Å². The quantitative estimate of drug-likeness (QED) is 0.516. The van der Waals surface area contributed by atoms with Crippen molar-refractivity contribution < 1.29 is 19.7 Å². The van der Waals surface area contributed by atoms with Crippen LogP contribution in [0.1, 0.15) is 39.5 Å². The number of ether oxygens (including phenoxy) is 1. The topological polar surface area (TPSA) is 66.8 Å². The van der Waals surface area contributed by atoms with Crippen LogP contribution in [0.2, 0.25) is 0 Å². The lowest BCUT2D eigenvalue weighted by Crippen LogP contribution is -2.55. The maximum Gasteiger partial charge on any atom is 0.311 e. The van der Waals surface area contributed by atoms with Crippen LogP contribution >= 0.6 is 0 Å². The Balaban J connectivity index is 1.99. The standard InChI is InChI=1S/C15H22O4/c1-8-4-5-12(16)11-7-15(18)10(6-14(8,11)3)9(2)13(17)19-15/h9-12,16,18H,1,4-7H2,2-3H3/t9-,10+,11-,12+,14+,15+/m1/s1. The van der Waals surface area contributed by atoms with Crippen molar-refractivity contribution in [2.75, 3.05) is 0 Å². The molecule has 3 aliphatic rings. The van der Waals surface area contributed by atoms with E-state index < -0.39 is 11.9 Å². The van der Waals surface area contributed by atoms with Crippen LogP contribution in [0.5, 0.6) is 0 Å². The zero-order valence-electron chi connectivity index (χ0n) is 11.6. The van der Waals surface area contributed by atoms with E-state index in [-0.39, 0.29) is 29.1 Å². The SMILES string of the molecule is C=C1CC[C@H](O)[C@H]2C[C@]3(O)OC(=O)[C@H](C)[C@@H]3C[C@@]12C. The molecule has 2 N–H and O–H groups in total. The van der Waals surface area contributed by atoms with E-state index in [4.69, 9.17) is 4.74 Å². The lowest BCUT2D eigenvalue weighted by molar-refractivity contribution is -0.241. The summed E-state index contributed by atoms with van der Waals surface area (Å²) < 4.78 is 5.22. The summed E-state index contributed by atoms with van der Waals surface area (Å²) in [5.74, 6) is -2.26. The van der Waals surface area contributed by atoms with Crippen molar-refractivity contribution in [3.63, 3.8) is 0 Å². The Kier molecular flexibility index (Phi) is 2.64. The Morgan fingerprint density at radius 3 is 2.74 bits per heavy atom. The molecule has 0 aromatic heterocycles. The van der Waals surface area contributed by atoms with E-state index >= 15 is 0 Å². The molecule has 106 valence electrons. The van der Waals surface area contributed by atoms with Crippen molar-refractivity contribution in [3.8, 4) is 0 Å². The van der Waals surface area contributed by atoms with Crippen LogP contribution in [-0.4, -0.2) is 28.1 Å². The fraction of sp³-hybridized carbons (Fsp3) is 0.800. The molecule has 1 saturated heterocycles. The second-order valence-corrected chi connectivity index (χ2v) is 6.80. The van der Waals surface area contributed by atoms with Gasteiger partial charge in [-0.05, 0) is 24.7 Å². The first kappa shape index (κ1) is 13.1. The summed E-state index contributed by atoms with van der Waals surface area (Å²) in [5, 5.41) is 20.9. The molecular formula is C15H22O4. The summed E-state index contributed by atoms with van der Waals surface area (Å²) in [6, 6.07) is 0. The minimum absolute atomic E-state index is 0.0758. The van der Waals surface area contributed by atoms with Crippen LogP contribution in [-0.2, 0) is 9.53 Å². The van der Waals surface area contributed by atoms with Gasteiger partial charge in [-0.25, -0.2) is 0 Å². The van der Waals surface area contributed by atoms with Gasteiger partial charge in [-0.3, -0.25) is 4.79 Å². The Hall–Kier alpha value is -0.870. The molecule has 2 aliphatic carbocycles. The Morgan fingerprint density at radius 2 is 2.05 bits per heavy atom. The molecule has 4 heteroatoms. The van der Waals surface area contributed by atoms with Crippen LogP contribution in [0.4, 0.5) is 0 Å². The molecule has 0 aromatic rings. The first-order valence-electron chi connectivity index (χ1n) is 7.09. The summed E-state index contributed by atoms with van der Waals surface area (Å²) in [7, 11) is 0. The lowest BCUT2D eigenvalue weighted by Gasteiger charge is -2.54. The molecule has 0 radical (unpaired) electrons. The van der Waals surface area contributed by atoms with Gasteiger partial charge < -0.3 is 14.9 Å². The van der Waals surface area contributed by atoms with E-state index in [1.54, 1.807) is 0 Å². The number of aliphatic hydroxyl groups is 2. The maximum absolute atomic E-state index is 11.8. The number of carbonyl (C=O) groups excluding carboxylic acids is 1. The molecule has 0 bridgehead atoms. The molecule has 1 heterocycles. The van der Waals surface area contributed by atoms with Crippen molar-refractivity contribution >= 4 is 5.97 Å². The normalized spacial score (nSPS) is 53.5. The molecule has 3 fully saturated rings. The monoisotopic (exact) mass is 266 g/mol. The molecule has 6 atom stereocenters. The van der Waals surface area contributed by atoms with E-state index in [1.165, 1.54) is 0 Å². The zero-order chi connectivity index (χ0) is 14.0. The van der Waals surface area contributed by atoms with E-state index in [9.17, 15) is 15.0 Å². The van der Waals surface area contributed by atoms with Crippen molar-refractivity contribution in [1.29, 1.82) is 0 Å². The van der Waals surface area contributed by atoms with Gasteiger partial charge in [-0.15, -0.1) is 0 Å². The van der Waals surface area contributed by atoms with Crippen molar-refractivity contribution in [2.45, 2.75) is 51.4 Å². The average Bonchev–Trinajstić information content (AvgIpc) is 2.55. The third-order valence-corrected chi connectivity index (χ3v) is 5.82. The summed E-state index contributed by atoms with van der Waals surface area (Å²) in [6.45, 7) is 8.09. The lowest BCUT2D eigenvalue weighted by atomic mass is 9.53. The molecule has 19 heavy (non-hydrogen) atoms. The number of esters is 1. The molecule has 0 unspecified atom stereocenters. The molecular weight excluding hydrogens is 244 g/mol. The fourth-order valence-corrected chi connectivity index (χ4v) is 4.35. The highest BCUT2D eigenvalue weighted by Gasteiger charge is 2.63. The van der Waals surface area contributed by atoms with Gasteiger partial charge in [0.15, 0.2) is 0 Å². The van der Waals surface area contributed by atoms with Crippen LogP contribution in [0.3, 0.4) is 0 Å². The van der Waals surface area contributed by atoms with Gasteiger partial charge in [0.1, 0.15) is 0 Å². The molecule has 4 nitrogen and oxygen atoms in total. The number of hydrogen-bond acceptors (Lipinski definition) is 4. The number of aliphatic hydroxyl groups excluding tert-OH is 1. The summed E-state index contributed by atoms with van der Waals surface area (Å²) in [5.41, 5.74) is 0.938. The third-order valence-electron chi connectivity index (χ3n) is 5.82. The van der Waals surface area contributed by atoms with Crippen molar-refractivity contribution in [2.24, 2.45) is 23.2 Å². The Labute approximate surface area is 113 Å². The molecule has 3 rings (SSSR count). The number of hydrogen-bond donors (Lipinski definition) is 2. The number of rotatable bonds is 0. The zero-order valence-corrected chi connectivity index (χ0v) is 11.6. The molecule has 0 spiro atoms. The van der Waals surface area contributed by atoms with E-state index in [1.807, 2.05) is 6.92 Å². The number of fused-ring (bicyclic) bond motifs is 2. The third kappa shape index (κ3) is 1.62. The van der Waals surface area contributed by atoms with Crippen LogP contribution in [0, 0.1) is 23.2 Å². The first-order chi connectivity index (χ1) is 8.78. The van der Waals surface area contributed by atoms with Gasteiger partial charge >= 0.3 is 5.97 Å². The minimum Gasteiger partial charge on any atom is -0.433 e. The van der Waals surface area contributed by atoms with Crippen LogP contribution in [0.15, 0.2) is 12.2 Å². The predicted molar refractivity (Wildman–Crippen MR) is 68.9 cm³/mol. The molecule has 1 aliphatic heterocycles. The molecule has 0 amide bonds. The number of carbonyl (C=O) groups is 1. The van der Waals surface area contributed by atoms with E-state index in [2.05, 4.69) is 13.5 Å². The van der Waals surface area contributed by atoms with Gasteiger partial charge in [0, 0.05) is 18.3 Å². The van der Waals surface area contributed by atoms with Gasteiger partial charge in [0.2, 0.25) is 5.79 Å². The van der Waals surface area contributed by atoms with Gasteiger partial charge in [0.25, 0.3) is 0 Å². The summed E-state index contributed by atoms with van der Waals surface area (Å²) in [6.07, 6.45) is 2.04. The van der Waals surface area contributed by atoms with Gasteiger partial charge in [-0.1, -0.05) is 26.0 Å². The highest BCUT2D eigenvalue weighted by atomic mass is 16.7. The minimum atomic E-state index is -1.39. The molecule has 2 saturated carbocycles. The first-order valence-corrected chi connectivity index (χ1v) is 7.09.